The van der Waals surface area contributed by atoms with E-state index in [1.54, 1.807) is 29.2 Å². The van der Waals surface area contributed by atoms with Gasteiger partial charge in [-0.15, -0.1) is 10.2 Å². The molecule has 0 unspecified atom stereocenters. The van der Waals surface area contributed by atoms with E-state index in [9.17, 15) is 9.59 Å². The number of hydrogen-bond acceptors (Lipinski definition) is 6. The van der Waals surface area contributed by atoms with Crippen molar-refractivity contribution >= 4 is 39.9 Å². The number of nitrogens with zero attached hydrogens (tertiary/aromatic N) is 3. The molecule has 2 aromatic carbocycles. The third-order valence-electron chi connectivity index (χ3n) is 4.61. The molecule has 2 amide bonds. The second-order valence-corrected chi connectivity index (χ2v) is 8.47. The highest BCUT2D eigenvalue weighted by Gasteiger charge is 2.16. The summed E-state index contributed by atoms with van der Waals surface area (Å²) in [5.74, 6) is 0.193. The Kier molecular flexibility index (Phi) is 9.01. The number of aromatic nitrogens is 2. The van der Waals surface area contributed by atoms with E-state index in [1.807, 2.05) is 30.3 Å². The molecular weight excluding hydrogens is 448 g/mol. The quantitative estimate of drug-likeness (QED) is 0.429. The molecule has 0 saturated carbocycles. The number of carbonyl (C=O) groups is 2. The van der Waals surface area contributed by atoms with Gasteiger partial charge in [0.25, 0.3) is 5.91 Å². The van der Waals surface area contributed by atoms with Gasteiger partial charge >= 0.3 is 0 Å². The lowest BCUT2D eigenvalue weighted by Crippen LogP contribution is -2.37. The fourth-order valence-corrected chi connectivity index (χ4v) is 3.76. The van der Waals surface area contributed by atoms with Crippen LogP contribution in [0.2, 0.25) is 5.02 Å². The lowest BCUT2D eigenvalue weighted by molar-refractivity contribution is -0.133. The molecule has 0 radical (unpaired) electrons. The standard InChI is InChI=1S/C23H25ClN4O3S/c1-2-3-14-28(21(30)16-31-19-11-9-18(24)10-12-19)15-13-20(29)25-23-27-26-22(32-23)17-7-5-4-6-8-17/h4-12H,2-3,13-16H2,1H3,(H,25,27,29). The Morgan fingerprint density at radius 1 is 1.06 bits per heavy atom. The average molecular weight is 473 g/mol. The summed E-state index contributed by atoms with van der Waals surface area (Å²) in [5, 5.41) is 12.7. The monoisotopic (exact) mass is 472 g/mol. The zero-order valence-electron chi connectivity index (χ0n) is 17.8. The molecule has 0 aliphatic heterocycles. The normalized spacial score (nSPS) is 10.6. The molecule has 32 heavy (non-hydrogen) atoms. The maximum atomic E-state index is 12.6. The van der Waals surface area contributed by atoms with Gasteiger partial charge in [0, 0.05) is 30.1 Å². The van der Waals surface area contributed by atoms with Gasteiger partial charge in [-0.05, 0) is 30.7 Å². The largest absolute Gasteiger partial charge is 0.484 e. The van der Waals surface area contributed by atoms with E-state index >= 15 is 0 Å². The Morgan fingerprint density at radius 2 is 1.81 bits per heavy atom. The Balaban J connectivity index is 1.50. The summed E-state index contributed by atoms with van der Waals surface area (Å²) in [6.45, 7) is 2.84. The summed E-state index contributed by atoms with van der Waals surface area (Å²) in [6, 6.07) is 16.5. The average Bonchev–Trinajstić information content (AvgIpc) is 3.27. The number of benzene rings is 2. The Labute approximate surface area is 196 Å². The smallest absolute Gasteiger partial charge is 0.260 e. The zero-order chi connectivity index (χ0) is 22.8. The van der Waals surface area contributed by atoms with Gasteiger partial charge in [-0.25, -0.2) is 0 Å². The van der Waals surface area contributed by atoms with Crippen molar-refractivity contribution in [2.45, 2.75) is 26.2 Å². The molecule has 0 spiro atoms. The molecule has 0 bridgehead atoms. The highest BCUT2D eigenvalue weighted by Crippen LogP contribution is 2.26. The van der Waals surface area contributed by atoms with Gasteiger partial charge in [0.05, 0.1) is 0 Å². The van der Waals surface area contributed by atoms with E-state index in [0.717, 1.165) is 23.4 Å². The number of carbonyl (C=O) groups excluding carboxylic acids is 2. The molecule has 0 fully saturated rings. The molecule has 3 rings (SSSR count). The number of rotatable bonds is 11. The molecule has 1 heterocycles. The summed E-state index contributed by atoms with van der Waals surface area (Å²) in [7, 11) is 0. The van der Waals surface area contributed by atoms with Gasteiger partial charge in [-0.2, -0.15) is 0 Å². The maximum absolute atomic E-state index is 12.6. The number of ether oxygens (including phenoxy) is 1. The van der Waals surface area contributed by atoms with Crippen LogP contribution in [0.25, 0.3) is 10.6 Å². The van der Waals surface area contributed by atoms with Crippen LogP contribution in [0.15, 0.2) is 54.6 Å². The third kappa shape index (κ3) is 7.32. The molecule has 3 aromatic rings. The van der Waals surface area contributed by atoms with Gasteiger partial charge in [0.2, 0.25) is 11.0 Å². The second kappa shape index (κ2) is 12.2. The van der Waals surface area contributed by atoms with E-state index in [0.29, 0.717) is 29.0 Å². The molecule has 1 aromatic heterocycles. The van der Waals surface area contributed by atoms with E-state index in [1.165, 1.54) is 11.3 Å². The van der Waals surface area contributed by atoms with Crippen molar-refractivity contribution in [3.05, 3.63) is 59.6 Å². The molecule has 0 aliphatic rings. The van der Waals surface area contributed by atoms with Crippen molar-refractivity contribution in [3.8, 4) is 16.3 Å². The molecule has 0 aliphatic carbocycles. The molecule has 9 heteroatoms. The minimum Gasteiger partial charge on any atom is -0.484 e. The number of unbranched alkanes of at least 4 members (excludes halogenated alkanes) is 1. The number of anilines is 1. The Bertz CT molecular complexity index is 1010. The van der Waals surface area contributed by atoms with Crippen LogP contribution < -0.4 is 10.1 Å². The first-order chi connectivity index (χ1) is 15.5. The lowest BCUT2D eigenvalue weighted by atomic mass is 10.2. The van der Waals surface area contributed by atoms with Crippen molar-refractivity contribution in [3.63, 3.8) is 0 Å². The minimum absolute atomic E-state index is 0.0935. The lowest BCUT2D eigenvalue weighted by Gasteiger charge is -2.22. The molecular formula is C23H25ClN4O3S. The van der Waals surface area contributed by atoms with Crippen LogP contribution in [0.3, 0.4) is 0 Å². The summed E-state index contributed by atoms with van der Waals surface area (Å²) in [4.78, 5) is 26.7. The summed E-state index contributed by atoms with van der Waals surface area (Å²) in [6.07, 6.45) is 1.96. The Morgan fingerprint density at radius 3 is 2.53 bits per heavy atom. The van der Waals surface area contributed by atoms with Crippen LogP contribution in [-0.4, -0.2) is 46.6 Å². The highest BCUT2D eigenvalue weighted by atomic mass is 35.5. The second-order valence-electron chi connectivity index (χ2n) is 7.05. The summed E-state index contributed by atoms with van der Waals surface area (Å²) in [5.41, 5.74) is 0.947. The number of hydrogen-bond donors (Lipinski definition) is 1. The van der Waals surface area contributed by atoms with E-state index in [2.05, 4.69) is 22.4 Å². The zero-order valence-corrected chi connectivity index (χ0v) is 19.4. The van der Waals surface area contributed by atoms with Crippen molar-refractivity contribution in [2.75, 3.05) is 25.0 Å². The van der Waals surface area contributed by atoms with Crippen LogP contribution in [-0.2, 0) is 9.59 Å². The predicted molar refractivity (Wildman–Crippen MR) is 127 cm³/mol. The maximum Gasteiger partial charge on any atom is 0.260 e. The fourth-order valence-electron chi connectivity index (χ4n) is 2.87. The fraction of sp³-hybridized carbons (Fsp3) is 0.304. The van der Waals surface area contributed by atoms with E-state index in [4.69, 9.17) is 16.3 Å². The van der Waals surface area contributed by atoms with Crippen LogP contribution in [0.5, 0.6) is 5.75 Å². The van der Waals surface area contributed by atoms with Crippen LogP contribution in [0.1, 0.15) is 26.2 Å². The first-order valence-electron chi connectivity index (χ1n) is 10.4. The van der Waals surface area contributed by atoms with Gasteiger partial charge in [0.15, 0.2) is 6.61 Å². The third-order valence-corrected chi connectivity index (χ3v) is 5.75. The van der Waals surface area contributed by atoms with Crippen molar-refractivity contribution in [1.82, 2.24) is 15.1 Å². The van der Waals surface area contributed by atoms with Crippen molar-refractivity contribution in [1.29, 1.82) is 0 Å². The summed E-state index contributed by atoms with van der Waals surface area (Å²) < 4.78 is 5.56. The number of amides is 2. The number of halogens is 1. The first-order valence-corrected chi connectivity index (χ1v) is 11.6. The van der Waals surface area contributed by atoms with Gasteiger partial charge in [-0.1, -0.05) is 66.6 Å². The molecule has 7 nitrogen and oxygen atoms in total. The summed E-state index contributed by atoms with van der Waals surface area (Å²) >= 11 is 7.18. The Hall–Kier alpha value is -2.97. The van der Waals surface area contributed by atoms with Gasteiger partial charge < -0.3 is 15.0 Å². The van der Waals surface area contributed by atoms with Crippen LogP contribution >= 0.6 is 22.9 Å². The van der Waals surface area contributed by atoms with E-state index < -0.39 is 0 Å². The number of nitrogens with one attached hydrogen (secondary N) is 1. The van der Waals surface area contributed by atoms with Gasteiger partial charge in [-0.3, -0.25) is 9.59 Å². The molecule has 0 atom stereocenters. The van der Waals surface area contributed by atoms with Crippen molar-refractivity contribution < 1.29 is 14.3 Å². The van der Waals surface area contributed by atoms with E-state index in [-0.39, 0.29) is 24.8 Å². The first kappa shape index (κ1) is 23.7. The minimum atomic E-state index is -0.214. The predicted octanol–water partition coefficient (Wildman–Crippen LogP) is 4.89. The topological polar surface area (TPSA) is 84.4 Å². The molecule has 168 valence electrons. The molecule has 1 N–H and O–H groups in total. The highest BCUT2D eigenvalue weighted by molar-refractivity contribution is 7.18. The van der Waals surface area contributed by atoms with Gasteiger partial charge in [0.1, 0.15) is 10.8 Å². The van der Waals surface area contributed by atoms with Crippen LogP contribution in [0.4, 0.5) is 5.13 Å². The SMILES string of the molecule is CCCCN(CCC(=O)Nc1nnc(-c2ccccc2)s1)C(=O)COc1ccc(Cl)cc1. The van der Waals surface area contributed by atoms with Crippen molar-refractivity contribution in [2.24, 2.45) is 0 Å². The molecule has 0 saturated heterocycles. The van der Waals surface area contributed by atoms with Crippen LogP contribution in [0, 0.1) is 0 Å².